The van der Waals surface area contributed by atoms with Crippen LogP contribution in [0.25, 0.3) is 0 Å². The smallest absolute Gasteiger partial charge is 0.410 e. The van der Waals surface area contributed by atoms with Crippen molar-refractivity contribution in [3.05, 3.63) is 17.7 Å². The van der Waals surface area contributed by atoms with Crippen LogP contribution in [-0.2, 0) is 11.3 Å². The maximum absolute atomic E-state index is 11.9. The number of carbonyl (C=O) groups excluding carboxylic acids is 1. The first-order chi connectivity index (χ1) is 12.5. The molecule has 1 spiro atoms. The molecule has 2 aliphatic rings. The number of thioether (sulfide) groups is 1. The van der Waals surface area contributed by atoms with Crippen LogP contribution in [0, 0.1) is 0 Å². The molecule has 0 aliphatic carbocycles. The minimum absolute atomic E-state index is 0.167. The summed E-state index contributed by atoms with van der Waals surface area (Å²) in [6, 6.07) is 4.12. The molecule has 0 atom stereocenters. The van der Waals surface area contributed by atoms with Crippen molar-refractivity contribution in [1.82, 2.24) is 9.80 Å². The van der Waals surface area contributed by atoms with Crippen molar-refractivity contribution in [3.8, 4) is 11.5 Å². The van der Waals surface area contributed by atoms with E-state index in [1.807, 2.05) is 19.2 Å². The number of hydrogen-bond donors (Lipinski definition) is 0. The van der Waals surface area contributed by atoms with E-state index in [9.17, 15) is 4.79 Å². The largest absolute Gasteiger partial charge is 0.496 e. The topological polar surface area (TPSA) is 51.2 Å². The molecule has 0 radical (unpaired) electrons. The predicted octanol–water partition coefficient (Wildman–Crippen LogP) is 3.23. The van der Waals surface area contributed by atoms with Gasteiger partial charge >= 0.3 is 6.09 Å². The van der Waals surface area contributed by atoms with E-state index in [0.717, 1.165) is 61.0 Å². The van der Waals surface area contributed by atoms with Crippen molar-refractivity contribution in [2.45, 2.75) is 36.8 Å². The molecule has 0 N–H and O–H groups in total. The van der Waals surface area contributed by atoms with Crippen molar-refractivity contribution in [2.24, 2.45) is 0 Å². The van der Waals surface area contributed by atoms with Gasteiger partial charge in [-0.2, -0.15) is 0 Å². The number of methoxy groups -OCH3 is 2. The number of piperidine rings is 1. The molecule has 0 aromatic heterocycles. The third kappa shape index (κ3) is 3.74. The Morgan fingerprint density at radius 3 is 2.42 bits per heavy atom. The highest BCUT2D eigenvalue weighted by Crippen LogP contribution is 2.37. The summed E-state index contributed by atoms with van der Waals surface area (Å²) in [6.07, 6.45) is 3.61. The number of ether oxygens (including phenoxy) is 3. The fraction of sp³-hybridized carbons (Fsp3) is 0.632. The van der Waals surface area contributed by atoms with Crippen LogP contribution in [0.15, 0.2) is 17.0 Å². The molecule has 0 unspecified atom stereocenters. The minimum atomic E-state index is -0.298. The van der Waals surface area contributed by atoms with Gasteiger partial charge in [0.2, 0.25) is 0 Å². The predicted molar refractivity (Wildman–Crippen MR) is 102 cm³/mol. The second kappa shape index (κ2) is 7.96. The Kier molecular flexibility index (Phi) is 5.87. The average Bonchev–Trinajstić information content (AvgIpc) is 2.98. The molecule has 2 aliphatic heterocycles. The zero-order valence-corrected chi connectivity index (χ0v) is 16.9. The first-order valence-electron chi connectivity index (χ1n) is 9.03. The zero-order chi connectivity index (χ0) is 18.7. The highest BCUT2D eigenvalue weighted by atomic mass is 32.2. The number of likely N-dealkylation sites (N-methyl/N-ethyl adjacent to an activating group) is 1. The molecule has 144 valence electrons. The molecule has 0 bridgehead atoms. The van der Waals surface area contributed by atoms with E-state index in [1.165, 1.54) is 0 Å². The molecule has 3 rings (SSSR count). The summed E-state index contributed by atoms with van der Waals surface area (Å²) >= 11 is 1.65. The van der Waals surface area contributed by atoms with Crippen LogP contribution in [0.5, 0.6) is 11.5 Å². The molecule has 1 aromatic carbocycles. The maximum atomic E-state index is 11.9. The van der Waals surface area contributed by atoms with Gasteiger partial charge in [-0.05, 0) is 25.3 Å². The van der Waals surface area contributed by atoms with Gasteiger partial charge in [0.05, 0.1) is 25.7 Å². The van der Waals surface area contributed by atoms with Crippen LogP contribution in [0.3, 0.4) is 0 Å². The molecule has 2 heterocycles. The molecule has 2 fully saturated rings. The lowest BCUT2D eigenvalue weighted by Gasteiger charge is -2.37. The Bertz CT molecular complexity index is 659. The van der Waals surface area contributed by atoms with Crippen LogP contribution < -0.4 is 9.47 Å². The molecule has 26 heavy (non-hydrogen) atoms. The van der Waals surface area contributed by atoms with E-state index < -0.39 is 0 Å². The Hall–Kier alpha value is -1.60. The van der Waals surface area contributed by atoms with Gasteiger partial charge in [0.25, 0.3) is 0 Å². The SMILES string of the molecule is CCN1CC2(CCN(Cc3cc(OC)c(SC)cc3OC)CC2)OC1=O. The summed E-state index contributed by atoms with van der Waals surface area (Å²) in [6.45, 7) is 6.03. The summed E-state index contributed by atoms with van der Waals surface area (Å²) in [4.78, 5) is 17.2. The minimum Gasteiger partial charge on any atom is -0.496 e. The Balaban J connectivity index is 1.67. The Labute approximate surface area is 159 Å². The monoisotopic (exact) mass is 380 g/mol. The van der Waals surface area contributed by atoms with Crippen LogP contribution in [0.4, 0.5) is 4.79 Å². The fourth-order valence-corrected chi connectivity index (χ4v) is 4.34. The second-order valence-electron chi connectivity index (χ2n) is 6.86. The number of carbonyl (C=O) groups is 1. The Morgan fingerprint density at radius 1 is 1.19 bits per heavy atom. The number of nitrogens with zero attached hydrogens (tertiary/aromatic N) is 2. The van der Waals surface area contributed by atoms with Gasteiger partial charge in [0.1, 0.15) is 17.1 Å². The molecule has 2 saturated heterocycles. The van der Waals surface area contributed by atoms with Crippen LogP contribution in [0.2, 0.25) is 0 Å². The van der Waals surface area contributed by atoms with Crippen LogP contribution >= 0.6 is 11.8 Å². The normalized spacial score (nSPS) is 19.7. The van der Waals surface area contributed by atoms with Crippen molar-refractivity contribution >= 4 is 17.9 Å². The summed E-state index contributed by atoms with van der Waals surface area (Å²) in [5.41, 5.74) is 0.824. The van der Waals surface area contributed by atoms with Gasteiger partial charge in [-0.25, -0.2) is 4.79 Å². The summed E-state index contributed by atoms with van der Waals surface area (Å²) in [7, 11) is 3.40. The Morgan fingerprint density at radius 2 is 1.88 bits per heavy atom. The standard InChI is InChI=1S/C19H28N2O4S/c1-5-21-13-19(25-18(21)22)6-8-20(9-7-19)12-14-10-16(24-3)17(26-4)11-15(14)23-2/h10-11H,5-9,12-13H2,1-4H3. The number of likely N-dealkylation sites (tertiary alicyclic amines) is 1. The molecular weight excluding hydrogens is 352 g/mol. The molecule has 1 amide bonds. The van der Waals surface area contributed by atoms with Crippen molar-refractivity contribution in [3.63, 3.8) is 0 Å². The molecule has 6 nitrogen and oxygen atoms in total. The summed E-state index contributed by atoms with van der Waals surface area (Å²) < 4.78 is 16.8. The van der Waals surface area contributed by atoms with Gasteiger partial charge in [-0.15, -0.1) is 11.8 Å². The number of amides is 1. The van der Waals surface area contributed by atoms with Gasteiger partial charge in [0, 0.05) is 44.6 Å². The van der Waals surface area contributed by atoms with Gasteiger partial charge in [-0.1, -0.05) is 0 Å². The molecular formula is C19H28N2O4S. The number of hydrogen-bond acceptors (Lipinski definition) is 6. The van der Waals surface area contributed by atoms with E-state index >= 15 is 0 Å². The van der Waals surface area contributed by atoms with E-state index in [1.54, 1.807) is 30.9 Å². The second-order valence-corrected chi connectivity index (χ2v) is 7.71. The lowest BCUT2D eigenvalue weighted by atomic mass is 9.91. The fourth-order valence-electron chi connectivity index (χ4n) is 3.77. The third-order valence-corrected chi connectivity index (χ3v) is 6.13. The van der Waals surface area contributed by atoms with Crippen molar-refractivity contribution in [1.29, 1.82) is 0 Å². The van der Waals surface area contributed by atoms with Crippen molar-refractivity contribution < 1.29 is 19.0 Å². The third-order valence-electron chi connectivity index (χ3n) is 5.37. The van der Waals surface area contributed by atoms with Gasteiger partial charge in [-0.3, -0.25) is 4.90 Å². The van der Waals surface area contributed by atoms with E-state index in [0.29, 0.717) is 6.54 Å². The average molecular weight is 381 g/mol. The molecule has 0 saturated carbocycles. The zero-order valence-electron chi connectivity index (χ0n) is 16.0. The first-order valence-corrected chi connectivity index (χ1v) is 10.3. The van der Waals surface area contributed by atoms with Crippen molar-refractivity contribution in [2.75, 3.05) is 46.7 Å². The van der Waals surface area contributed by atoms with Gasteiger partial charge in [0.15, 0.2) is 0 Å². The van der Waals surface area contributed by atoms with Gasteiger partial charge < -0.3 is 19.1 Å². The van der Waals surface area contributed by atoms with Crippen LogP contribution in [-0.4, -0.2) is 68.1 Å². The van der Waals surface area contributed by atoms with E-state index in [-0.39, 0.29) is 11.7 Å². The lowest BCUT2D eigenvalue weighted by molar-refractivity contribution is -0.00136. The first kappa shape index (κ1) is 19.2. The maximum Gasteiger partial charge on any atom is 0.410 e. The summed E-state index contributed by atoms with van der Waals surface area (Å²) in [5, 5.41) is 0. The summed E-state index contributed by atoms with van der Waals surface area (Å²) in [5.74, 6) is 1.77. The molecule has 7 heteroatoms. The number of rotatable bonds is 6. The quantitative estimate of drug-likeness (QED) is 0.706. The highest BCUT2D eigenvalue weighted by Gasteiger charge is 2.46. The highest BCUT2D eigenvalue weighted by molar-refractivity contribution is 7.98. The lowest BCUT2D eigenvalue weighted by Crippen LogP contribution is -2.46. The van der Waals surface area contributed by atoms with E-state index in [2.05, 4.69) is 11.0 Å². The van der Waals surface area contributed by atoms with Crippen LogP contribution in [0.1, 0.15) is 25.3 Å². The van der Waals surface area contributed by atoms with E-state index in [4.69, 9.17) is 14.2 Å². The molecule has 1 aromatic rings. The number of benzene rings is 1.